The van der Waals surface area contributed by atoms with E-state index < -0.39 is 0 Å². The molecule has 874 valence electrons. The van der Waals surface area contributed by atoms with Crippen LogP contribution in [-0.2, 0) is 10.8 Å². The van der Waals surface area contributed by atoms with Crippen molar-refractivity contribution in [1.29, 1.82) is 0 Å². The van der Waals surface area contributed by atoms with Crippen LogP contribution < -0.4 is 20.4 Å². The summed E-state index contributed by atoms with van der Waals surface area (Å²) in [6, 6.07) is 31.2. The largest absolute Gasteiger partial charge is 0.367 e. The van der Waals surface area contributed by atoms with E-state index in [0.29, 0.717) is 91.4 Å². The Hall–Kier alpha value is -3.06. The number of nitrogens with zero attached hydrogens (tertiary/aromatic N) is 8. The summed E-state index contributed by atoms with van der Waals surface area (Å²) in [7, 11) is 7.03. The molecule has 11 rings (SSSR count). The summed E-state index contributed by atoms with van der Waals surface area (Å²) in [5.74, 6) is 1.13. The van der Waals surface area contributed by atoms with Crippen LogP contribution in [-0.4, -0.2) is 182 Å². The first-order valence-corrected chi connectivity index (χ1v) is 63.6. The Labute approximate surface area is 936 Å². The van der Waals surface area contributed by atoms with Crippen LogP contribution in [0.25, 0.3) is 0 Å². The fraction of sp³-hybridized carbons (Fsp3) is 0.871. The molecule has 0 atom stereocenters. The molecule has 0 aromatic heterocycles. The number of piperazine rings is 1. The van der Waals surface area contributed by atoms with Crippen LogP contribution >= 0.6 is 0 Å². The molecule has 3 aliphatic carbocycles. The average molecular weight is 2080 g/mol. The van der Waals surface area contributed by atoms with E-state index >= 15 is 0 Å². The molecule has 5 aliphatic heterocycles. The van der Waals surface area contributed by atoms with Crippen LogP contribution in [0.3, 0.4) is 0 Å². The average Bonchev–Trinajstić information content (AvgIpc) is 0.674. The van der Waals surface area contributed by atoms with E-state index in [2.05, 4.69) is 504 Å². The third kappa shape index (κ3) is 39.2. The molecule has 0 amide bonds. The van der Waals surface area contributed by atoms with Crippen LogP contribution in [0.1, 0.15) is 645 Å². The molecule has 5 heterocycles. The zero-order valence-electron chi connectivity index (χ0n) is 111. The molecule has 3 saturated carbocycles. The summed E-state index contributed by atoms with van der Waals surface area (Å²) in [6.07, 6.45) is 53.5. The molecular formula is C139H268N10. The maximum Gasteiger partial charge on any atom is 0.0441 e. The van der Waals surface area contributed by atoms with Crippen molar-refractivity contribution in [2.75, 3.05) is 37.5 Å². The van der Waals surface area contributed by atoms with Gasteiger partial charge < -0.3 is 20.4 Å². The molecule has 10 nitrogen and oxygen atoms in total. The first-order valence-electron chi connectivity index (χ1n) is 63.6. The lowest BCUT2D eigenvalue weighted by Gasteiger charge is -2.76. The highest BCUT2D eigenvalue weighted by Gasteiger charge is 2.68. The Balaban J connectivity index is 0.000000563. The Morgan fingerprint density at radius 2 is 0.624 bits per heavy atom. The highest BCUT2D eigenvalue weighted by Crippen LogP contribution is 2.59. The van der Waals surface area contributed by atoms with Crippen molar-refractivity contribution in [3.63, 3.8) is 0 Å². The number of piperidine rings is 4. The number of anilines is 2. The number of likely N-dealkylation sites (N-methyl/N-ethyl adjacent to an activating group) is 1. The third-order valence-electron chi connectivity index (χ3n) is 39.6. The third-order valence-corrected chi connectivity index (χ3v) is 39.6. The van der Waals surface area contributed by atoms with Crippen LogP contribution in [0.15, 0.2) is 72.8 Å². The summed E-state index contributed by atoms with van der Waals surface area (Å²) in [4.78, 5) is 21.5. The summed E-state index contributed by atoms with van der Waals surface area (Å²) in [5.41, 5.74) is 13.8. The van der Waals surface area contributed by atoms with Gasteiger partial charge in [-0.25, -0.2) is 0 Å². The van der Waals surface area contributed by atoms with Crippen molar-refractivity contribution in [1.82, 2.24) is 40.0 Å². The fourth-order valence-electron chi connectivity index (χ4n) is 31.3. The van der Waals surface area contributed by atoms with Gasteiger partial charge in [-0.1, -0.05) is 278 Å². The molecule has 3 aromatic rings. The van der Waals surface area contributed by atoms with E-state index in [9.17, 15) is 0 Å². The zero-order chi connectivity index (χ0) is 115. The molecule has 0 bridgehead atoms. The number of rotatable bonds is 24. The van der Waals surface area contributed by atoms with E-state index in [1.807, 2.05) is 0 Å². The van der Waals surface area contributed by atoms with Crippen molar-refractivity contribution in [2.24, 2.45) is 0 Å². The second kappa shape index (κ2) is 61.0. The van der Waals surface area contributed by atoms with Crippen LogP contribution in [0.4, 0.5) is 11.4 Å². The van der Waals surface area contributed by atoms with Crippen molar-refractivity contribution >= 4 is 11.4 Å². The van der Waals surface area contributed by atoms with E-state index in [0.717, 1.165) is 18.1 Å². The highest BCUT2D eigenvalue weighted by molar-refractivity contribution is 5.63. The normalized spacial score (nSPS) is 21.8. The molecule has 8 aliphatic rings. The number of benzene rings is 3. The first kappa shape index (κ1) is 142. The lowest BCUT2D eigenvalue weighted by atomic mass is 9.58. The summed E-state index contributed by atoms with van der Waals surface area (Å²) in [5, 5.41) is 7.61. The van der Waals surface area contributed by atoms with Gasteiger partial charge in [0.2, 0.25) is 0 Å². The molecular weight excluding hydrogens is 1810 g/mol. The molecule has 8 fully saturated rings. The van der Waals surface area contributed by atoms with Gasteiger partial charge >= 0.3 is 0 Å². The van der Waals surface area contributed by atoms with Gasteiger partial charge in [0.25, 0.3) is 0 Å². The smallest absolute Gasteiger partial charge is 0.0441 e. The minimum atomic E-state index is 0.112. The van der Waals surface area contributed by atoms with Crippen molar-refractivity contribution < 1.29 is 0 Å². The quantitative estimate of drug-likeness (QED) is 0.0907. The predicted octanol–water partition coefficient (Wildman–Crippen LogP) is 40.1. The van der Waals surface area contributed by atoms with E-state index in [-0.39, 0.29) is 38.5 Å². The lowest BCUT2D eigenvalue weighted by Crippen LogP contribution is -2.87. The Morgan fingerprint density at radius 1 is 0.315 bits per heavy atom. The van der Waals surface area contributed by atoms with Gasteiger partial charge in [-0.2, -0.15) is 0 Å². The van der Waals surface area contributed by atoms with Gasteiger partial charge in [-0.05, 0) is 478 Å². The van der Waals surface area contributed by atoms with E-state index in [1.54, 1.807) is 0 Å². The van der Waals surface area contributed by atoms with Crippen LogP contribution in [0.5, 0.6) is 0 Å². The highest BCUT2D eigenvalue weighted by atomic mass is 15.5. The van der Waals surface area contributed by atoms with Gasteiger partial charge in [0.1, 0.15) is 0 Å². The Bertz CT molecular complexity index is 3830. The van der Waals surface area contributed by atoms with E-state index in [4.69, 9.17) is 0 Å². The molecule has 0 unspecified atom stereocenters. The molecule has 10 heteroatoms. The minimum absolute atomic E-state index is 0.112. The molecule has 5 saturated heterocycles. The summed E-state index contributed by atoms with van der Waals surface area (Å²) in [6.45, 7) is 123. The maximum atomic E-state index is 3.98. The van der Waals surface area contributed by atoms with Gasteiger partial charge in [0.15, 0.2) is 0 Å². The maximum absolute atomic E-state index is 3.98. The van der Waals surface area contributed by atoms with Gasteiger partial charge in [-0.3, -0.25) is 29.4 Å². The summed E-state index contributed by atoms with van der Waals surface area (Å²) >= 11 is 0. The molecule has 2 N–H and O–H groups in total. The predicted molar refractivity (Wildman–Crippen MR) is 676 cm³/mol. The van der Waals surface area contributed by atoms with Gasteiger partial charge in [0.05, 0.1) is 0 Å². The molecule has 0 radical (unpaired) electrons. The van der Waals surface area contributed by atoms with Gasteiger partial charge in [0, 0.05) is 137 Å². The number of para-hydroxylation sites is 2. The number of likely N-dealkylation sites (tertiary alicyclic amines) is 2. The second-order valence-corrected chi connectivity index (χ2v) is 58.8. The number of nitrogens with one attached hydrogen (secondary N) is 2. The monoisotopic (exact) mass is 2080 g/mol. The minimum Gasteiger partial charge on any atom is -0.367 e. The topological polar surface area (TPSA) is 50.0 Å². The second-order valence-electron chi connectivity index (χ2n) is 58.8. The van der Waals surface area contributed by atoms with Crippen LogP contribution in [0.2, 0.25) is 0 Å². The fourth-order valence-corrected chi connectivity index (χ4v) is 31.3. The van der Waals surface area contributed by atoms with Crippen molar-refractivity contribution in [3.05, 3.63) is 95.1 Å². The molecule has 0 spiro atoms. The Morgan fingerprint density at radius 3 is 0.886 bits per heavy atom. The lowest BCUT2D eigenvalue weighted by molar-refractivity contribution is -0.253. The number of hydrogen-bond acceptors (Lipinski definition) is 10. The standard InChI is InChI=1S/C21H44N2.C18H31N.C14H27N.2C14H29N.C14H22.C13H27N.C12H19N.C10H21N.C9H19N/c1-13-20(14-2)18(8,9)23(17(5,6)7)19(10,11)21(15-3,16-4)22(20)12;1-12(2)16-10-9-11-17(13(3)4)18(16)19(14(5)6)15(7)8;1-2-15(13-9-5-3-6-10-13)14-11-7-4-8-12-14;1-13(2,3)15(14(4,5)6)12-10-8-7-9-11-12;1-6-13(7-2)11-10-12-14(8-3,9-4)15(13)5;1-13(2,3)11-8-7-9-12(10-11)14(4,5)6;1-5-12(6-2)10-9-11-13(7-3,8-4)14-12;1-10(2)13(11(3)4)12-8-6-5-7-9-12;1-9(2)7-6-8-10(3,4)11(9)5;1-8(2)6-5-7-9(3,4)10-8/h13-16H2,1-12H3;9-15H,1-8H3;13-14H,2-12H2,1H3;12H,7-11H2,1-6H3;6-12H2,1-5H3;7-10H,1-6H3;14H,5-11H2,1-4H3;5-11H,1-4H3;6-8H2,1-5H3;10H,5-7H2,1-4H3. The van der Waals surface area contributed by atoms with Crippen molar-refractivity contribution in [3.8, 4) is 0 Å². The SMILES string of the molecule is CC(C)(C)N(C1CCCCC1)C(C)(C)C.CC(C)(C)c1cccc(C(C)(C)C)c1.CC(C)N(c1ccccc1)C(C)C.CC(C)c1cccc(C(C)C)c1N(C(C)C)C(C)C.CC1(C)CCCC(C)(C)N1.CCC1(CC)CCCC(CC)(CC)N1.CCC1(CC)CCCC(CC)(CC)N1C.CCC1(CC)N(C)C(CC)(CC)C(C)(C)N(C(C)(C)C)C1(C)C.CCN(C1CCCCC1)C1CCCCC1.CN1C(C)(C)CCCC1(C)C. The number of hydrogen-bond donors (Lipinski definition) is 2. The van der Waals surface area contributed by atoms with Crippen LogP contribution in [0, 0.1) is 0 Å². The summed E-state index contributed by atoms with van der Waals surface area (Å²) < 4.78 is 0. The Kier molecular flexibility index (Phi) is 58.1. The zero-order valence-corrected chi connectivity index (χ0v) is 111. The first-order chi connectivity index (χ1) is 68.5. The van der Waals surface area contributed by atoms with Gasteiger partial charge in [-0.15, -0.1) is 0 Å². The van der Waals surface area contributed by atoms with E-state index in [1.165, 1.54) is 291 Å². The molecule has 3 aromatic carbocycles. The van der Waals surface area contributed by atoms with Crippen molar-refractivity contribution in [2.45, 2.75) is 758 Å². The molecule has 149 heavy (non-hydrogen) atoms.